The minimum Gasteiger partial charge on any atom is -0.381 e. The highest BCUT2D eigenvalue weighted by molar-refractivity contribution is 7.89. The van der Waals surface area contributed by atoms with Gasteiger partial charge in [0, 0.05) is 23.3 Å². The van der Waals surface area contributed by atoms with Crippen molar-refractivity contribution in [3.8, 4) is 0 Å². The zero-order valence-corrected chi connectivity index (χ0v) is 13.3. The maximum absolute atomic E-state index is 12.3. The Bertz CT molecular complexity index is 716. The molecule has 6 nitrogen and oxygen atoms in total. The first kappa shape index (κ1) is 15.0. The molecule has 0 saturated heterocycles. The van der Waals surface area contributed by atoms with Crippen LogP contribution in [0.1, 0.15) is 22.4 Å². The summed E-state index contributed by atoms with van der Waals surface area (Å²) in [4.78, 5) is 2.27. The van der Waals surface area contributed by atoms with Crippen molar-refractivity contribution in [3.05, 3.63) is 27.6 Å². The fraction of sp³-hybridized carbons (Fsp3) is 0.417. The Morgan fingerprint density at radius 3 is 2.55 bits per heavy atom. The Kier molecular flexibility index (Phi) is 4.17. The summed E-state index contributed by atoms with van der Waals surface area (Å²) in [7, 11) is -1.98. The molecule has 8 heteroatoms. The van der Waals surface area contributed by atoms with Crippen LogP contribution in [-0.2, 0) is 30.0 Å². The fourth-order valence-electron chi connectivity index (χ4n) is 1.89. The number of aromatic nitrogens is 2. The van der Waals surface area contributed by atoms with Gasteiger partial charge in [0.15, 0.2) is 5.82 Å². The van der Waals surface area contributed by atoms with E-state index in [1.54, 1.807) is 25.3 Å². The molecule has 0 aliphatic carbocycles. The number of aryl methyl sites for hydroxylation is 2. The second-order valence-electron chi connectivity index (χ2n) is 4.47. The summed E-state index contributed by atoms with van der Waals surface area (Å²) in [6.07, 6.45) is 0.950. The van der Waals surface area contributed by atoms with Gasteiger partial charge in [-0.1, -0.05) is 6.92 Å². The summed E-state index contributed by atoms with van der Waals surface area (Å²) in [6, 6.07) is 3.95. The lowest BCUT2D eigenvalue weighted by molar-refractivity contribution is 0.581. The van der Waals surface area contributed by atoms with Crippen LogP contribution in [0, 0.1) is 6.92 Å². The van der Waals surface area contributed by atoms with Crippen molar-refractivity contribution in [2.45, 2.75) is 31.7 Å². The van der Waals surface area contributed by atoms with Crippen LogP contribution >= 0.6 is 11.3 Å². The molecule has 2 rings (SSSR count). The lowest BCUT2D eigenvalue weighted by Gasteiger charge is -2.05. The Labute approximate surface area is 122 Å². The standard InChI is InChI=1S/C12H18N4O2S2/c1-4-9-5-6-10(19-9)7-14-20(17,18)11-8(2)16(3)15-12(11)13/h5-6,14H,4,7H2,1-3H3,(H2,13,15). The molecule has 0 saturated carbocycles. The van der Waals surface area contributed by atoms with Gasteiger partial charge in [0.1, 0.15) is 4.90 Å². The number of thiophene rings is 1. The number of sulfonamides is 1. The molecule has 0 fully saturated rings. The lowest BCUT2D eigenvalue weighted by atomic mass is 10.4. The van der Waals surface area contributed by atoms with Crippen LogP contribution in [0.25, 0.3) is 0 Å². The number of nitrogens with two attached hydrogens (primary N) is 1. The molecule has 2 aromatic heterocycles. The SMILES string of the molecule is CCc1ccc(CNS(=O)(=O)c2c(N)nn(C)c2C)s1. The zero-order chi connectivity index (χ0) is 14.9. The molecular formula is C12H18N4O2S2. The van der Waals surface area contributed by atoms with Gasteiger partial charge in [0.25, 0.3) is 0 Å². The van der Waals surface area contributed by atoms with Crippen molar-refractivity contribution in [2.75, 3.05) is 5.73 Å². The van der Waals surface area contributed by atoms with Gasteiger partial charge in [0.2, 0.25) is 10.0 Å². The molecule has 2 aromatic rings. The van der Waals surface area contributed by atoms with E-state index in [0.717, 1.165) is 11.3 Å². The number of nitrogen functional groups attached to an aromatic ring is 1. The predicted molar refractivity (Wildman–Crippen MR) is 80.1 cm³/mol. The van der Waals surface area contributed by atoms with Gasteiger partial charge in [-0.3, -0.25) is 4.68 Å². The summed E-state index contributed by atoms with van der Waals surface area (Å²) in [5.74, 6) is 0.0259. The minimum atomic E-state index is -3.65. The van der Waals surface area contributed by atoms with Gasteiger partial charge in [-0.25, -0.2) is 13.1 Å². The van der Waals surface area contributed by atoms with E-state index in [-0.39, 0.29) is 17.3 Å². The topological polar surface area (TPSA) is 90.0 Å². The van der Waals surface area contributed by atoms with Gasteiger partial charge in [-0.2, -0.15) is 5.10 Å². The van der Waals surface area contributed by atoms with E-state index in [9.17, 15) is 8.42 Å². The van der Waals surface area contributed by atoms with Gasteiger partial charge < -0.3 is 5.73 Å². The average molecular weight is 314 g/mol. The molecule has 2 heterocycles. The summed E-state index contributed by atoms with van der Waals surface area (Å²) in [5, 5.41) is 3.93. The van der Waals surface area contributed by atoms with Gasteiger partial charge in [-0.05, 0) is 25.5 Å². The number of nitrogens with one attached hydrogen (secondary N) is 1. The molecule has 0 unspecified atom stereocenters. The first-order chi connectivity index (χ1) is 9.35. The van der Waals surface area contributed by atoms with E-state index in [4.69, 9.17) is 5.73 Å². The third kappa shape index (κ3) is 2.87. The third-order valence-electron chi connectivity index (χ3n) is 3.08. The Morgan fingerprint density at radius 2 is 2.05 bits per heavy atom. The van der Waals surface area contributed by atoms with Crippen LogP contribution in [0.15, 0.2) is 17.0 Å². The van der Waals surface area contributed by atoms with Gasteiger partial charge in [-0.15, -0.1) is 11.3 Å². The molecule has 0 aliphatic heterocycles. The second-order valence-corrected chi connectivity index (χ2v) is 7.43. The predicted octanol–water partition coefficient (Wildman–Crippen LogP) is 1.41. The lowest BCUT2D eigenvalue weighted by Crippen LogP contribution is -2.24. The molecule has 0 spiro atoms. The smallest absolute Gasteiger partial charge is 0.246 e. The molecule has 0 aliphatic rings. The van der Waals surface area contributed by atoms with Crippen LogP contribution in [0.2, 0.25) is 0 Å². The quantitative estimate of drug-likeness (QED) is 0.873. The number of hydrogen-bond acceptors (Lipinski definition) is 5. The first-order valence-corrected chi connectivity index (χ1v) is 8.51. The number of nitrogens with zero attached hydrogens (tertiary/aromatic N) is 2. The molecule has 0 atom stereocenters. The van der Waals surface area contributed by atoms with E-state index in [2.05, 4.69) is 16.7 Å². The monoisotopic (exact) mass is 314 g/mol. The van der Waals surface area contributed by atoms with Crippen LogP contribution in [0.4, 0.5) is 5.82 Å². The molecule has 20 heavy (non-hydrogen) atoms. The van der Waals surface area contributed by atoms with Crippen molar-refractivity contribution in [2.24, 2.45) is 7.05 Å². The molecule has 0 radical (unpaired) electrons. The summed E-state index contributed by atoms with van der Waals surface area (Å²) < 4.78 is 28.6. The van der Waals surface area contributed by atoms with E-state index in [1.165, 1.54) is 9.56 Å². The molecule has 3 N–H and O–H groups in total. The van der Waals surface area contributed by atoms with Crippen LogP contribution < -0.4 is 10.5 Å². The first-order valence-electron chi connectivity index (χ1n) is 6.21. The molecule has 0 amide bonds. The van der Waals surface area contributed by atoms with E-state index in [0.29, 0.717) is 5.69 Å². The molecular weight excluding hydrogens is 296 g/mol. The van der Waals surface area contributed by atoms with Crippen molar-refractivity contribution in [3.63, 3.8) is 0 Å². The molecule has 110 valence electrons. The Morgan fingerprint density at radius 1 is 1.40 bits per heavy atom. The van der Waals surface area contributed by atoms with E-state index in [1.807, 2.05) is 12.1 Å². The average Bonchev–Trinajstić information content (AvgIpc) is 2.93. The zero-order valence-electron chi connectivity index (χ0n) is 11.7. The van der Waals surface area contributed by atoms with Crippen molar-refractivity contribution in [1.82, 2.24) is 14.5 Å². The Balaban J connectivity index is 2.19. The largest absolute Gasteiger partial charge is 0.381 e. The number of anilines is 1. The minimum absolute atomic E-state index is 0.0259. The maximum Gasteiger partial charge on any atom is 0.246 e. The highest BCUT2D eigenvalue weighted by Gasteiger charge is 2.24. The maximum atomic E-state index is 12.3. The van der Waals surface area contributed by atoms with Gasteiger partial charge >= 0.3 is 0 Å². The van der Waals surface area contributed by atoms with Crippen molar-refractivity contribution in [1.29, 1.82) is 0 Å². The Hall–Kier alpha value is -1.38. The highest BCUT2D eigenvalue weighted by atomic mass is 32.2. The summed E-state index contributed by atoms with van der Waals surface area (Å²) >= 11 is 1.60. The van der Waals surface area contributed by atoms with Crippen molar-refractivity contribution < 1.29 is 8.42 Å². The molecule has 0 aromatic carbocycles. The number of hydrogen-bond donors (Lipinski definition) is 2. The van der Waals surface area contributed by atoms with Gasteiger partial charge in [0.05, 0.1) is 5.69 Å². The van der Waals surface area contributed by atoms with E-state index < -0.39 is 10.0 Å². The summed E-state index contributed by atoms with van der Waals surface area (Å²) in [5.41, 5.74) is 6.20. The normalized spacial score (nSPS) is 11.9. The van der Waals surface area contributed by atoms with Crippen LogP contribution in [0.3, 0.4) is 0 Å². The fourth-order valence-corrected chi connectivity index (χ4v) is 4.21. The molecule has 0 bridgehead atoms. The van der Waals surface area contributed by atoms with E-state index >= 15 is 0 Å². The highest BCUT2D eigenvalue weighted by Crippen LogP contribution is 2.22. The van der Waals surface area contributed by atoms with Crippen LogP contribution in [0.5, 0.6) is 0 Å². The summed E-state index contributed by atoms with van der Waals surface area (Å²) in [6.45, 7) is 4.01. The van der Waals surface area contributed by atoms with Crippen molar-refractivity contribution >= 4 is 27.2 Å². The third-order valence-corrected chi connectivity index (χ3v) is 5.87. The number of rotatable bonds is 5. The van der Waals surface area contributed by atoms with Crippen LogP contribution in [-0.4, -0.2) is 18.2 Å². The second kappa shape index (κ2) is 5.55.